The zero-order valence-electron chi connectivity index (χ0n) is 21.5. The van der Waals surface area contributed by atoms with Gasteiger partial charge in [0.05, 0.1) is 16.9 Å². The fraction of sp³-hybridized carbons (Fsp3) is 0.375. The Morgan fingerprint density at radius 1 is 0.889 bits per heavy atom. The summed E-state index contributed by atoms with van der Waals surface area (Å²) in [5.74, 6) is 5.28. The molecule has 0 spiro atoms. The van der Waals surface area contributed by atoms with Crippen molar-refractivity contribution in [3.05, 3.63) is 93.5 Å². The van der Waals surface area contributed by atoms with E-state index in [-0.39, 0.29) is 5.56 Å². The first-order chi connectivity index (χ1) is 17.5. The van der Waals surface area contributed by atoms with Crippen LogP contribution in [0.5, 0.6) is 0 Å². The summed E-state index contributed by atoms with van der Waals surface area (Å²) in [5, 5.41) is 8.72. The molecule has 4 heteroatoms. The molecular formula is C32H34F2N2. The predicted octanol–water partition coefficient (Wildman–Crippen LogP) is 9.20. The molecule has 3 aromatic rings. The summed E-state index contributed by atoms with van der Waals surface area (Å²) in [4.78, 5) is 0. The van der Waals surface area contributed by atoms with Crippen LogP contribution in [0.4, 0.5) is 20.2 Å². The number of benzene rings is 3. The van der Waals surface area contributed by atoms with Gasteiger partial charge in [0.1, 0.15) is 11.6 Å². The minimum absolute atomic E-state index is 0.125. The Morgan fingerprint density at radius 2 is 1.64 bits per heavy atom. The van der Waals surface area contributed by atoms with Gasteiger partial charge in [0, 0.05) is 5.56 Å². The number of hydrogen-bond donors (Lipinski definition) is 0. The van der Waals surface area contributed by atoms with Gasteiger partial charge in [0.2, 0.25) is 0 Å². The third kappa shape index (κ3) is 6.08. The fourth-order valence-electron chi connectivity index (χ4n) is 5.01. The lowest BCUT2D eigenvalue weighted by Gasteiger charge is -2.25. The van der Waals surface area contributed by atoms with Gasteiger partial charge < -0.3 is 0 Å². The number of aryl methyl sites for hydroxylation is 2. The van der Waals surface area contributed by atoms with Crippen molar-refractivity contribution in [3.63, 3.8) is 0 Å². The number of halogens is 2. The Morgan fingerprint density at radius 3 is 2.36 bits per heavy atom. The lowest BCUT2D eigenvalue weighted by atomic mass is 9.81. The highest BCUT2D eigenvalue weighted by Crippen LogP contribution is 2.32. The summed E-state index contributed by atoms with van der Waals surface area (Å²) in [6, 6.07) is 15.2. The van der Waals surface area contributed by atoms with Gasteiger partial charge >= 0.3 is 0 Å². The molecule has 0 fully saturated rings. The first-order valence-corrected chi connectivity index (χ1v) is 13.2. The molecule has 1 aliphatic rings. The molecular weight excluding hydrogens is 450 g/mol. The van der Waals surface area contributed by atoms with Crippen molar-refractivity contribution >= 4 is 11.4 Å². The maximum atomic E-state index is 15.2. The quantitative estimate of drug-likeness (QED) is 0.236. The van der Waals surface area contributed by atoms with Gasteiger partial charge in [-0.25, -0.2) is 8.78 Å². The minimum Gasteiger partial charge on any atom is -0.206 e. The number of fused-ring (bicyclic) bond motifs is 1. The summed E-state index contributed by atoms with van der Waals surface area (Å²) in [7, 11) is 0. The first kappa shape index (κ1) is 25.8. The summed E-state index contributed by atoms with van der Waals surface area (Å²) in [6.07, 6.45) is 7.46. The van der Waals surface area contributed by atoms with Crippen molar-refractivity contribution in [1.29, 1.82) is 0 Å². The van der Waals surface area contributed by atoms with Crippen molar-refractivity contribution in [2.75, 3.05) is 0 Å². The molecule has 0 N–H and O–H groups in total. The Hall–Kier alpha value is -3.32. The van der Waals surface area contributed by atoms with Crippen LogP contribution >= 0.6 is 0 Å². The van der Waals surface area contributed by atoms with Crippen molar-refractivity contribution in [1.82, 2.24) is 0 Å². The van der Waals surface area contributed by atoms with Crippen LogP contribution in [0.25, 0.3) is 0 Å². The SMILES string of the molecule is CCCc1ccc(N=Nc2ccc(C#Cc3c(F)cc4c(c3F)CCC(CCC)C4)c(CC)c2)cc1. The van der Waals surface area contributed by atoms with E-state index in [1.807, 2.05) is 37.3 Å². The molecule has 1 unspecified atom stereocenters. The minimum atomic E-state index is -0.565. The normalized spacial score (nSPS) is 15.0. The molecule has 0 radical (unpaired) electrons. The molecule has 2 nitrogen and oxygen atoms in total. The maximum absolute atomic E-state index is 15.2. The van der Waals surface area contributed by atoms with Crippen LogP contribution in [0.2, 0.25) is 0 Å². The summed E-state index contributed by atoms with van der Waals surface area (Å²) in [5.41, 5.74) is 5.86. The number of azo groups is 1. The summed E-state index contributed by atoms with van der Waals surface area (Å²) < 4.78 is 30.1. The standard InChI is InChI=1S/C32H34F2N2/c1-4-7-22-9-14-27(15-10-22)35-36-28-16-12-25(24(6-3)20-28)13-18-30-31(33)21-26-19-23(8-5-2)11-17-29(26)32(30)34/h9-10,12,14-16,20-21,23H,4-8,11,17,19H2,1-3H3. The third-order valence-corrected chi connectivity index (χ3v) is 6.97. The number of hydrogen-bond acceptors (Lipinski definition) is 2. The highest BCUT2D eigenvalue weighted by molar-refractivity contribution is 5.54. The van der Waals surface area contributed by atoms with E-state index in [0.29, 0.717) is 17.9 Å². The second kappa shape index (κ2) is 12.1. The molecule has 0 saturated heterocycles. The van der Waals surface area contributed by atoms with Crippen molar-refractivity contribution < 1.29 is 8.78 Å². The van der Waals surface area contributed by atoms with E-state index in [1.165, 1.54) is 11.6 Å². The van der Waals surface area contributed by atoms with Gasteiger partial charge in [-0.15, -0.1) is 0 Å². The Labute approximate surface area is 213 Å². The summed E-state index contributed by atoms with van der Waals surface area (Å²) >= 11 is 0. The second-order valence-electron chi connectivity index (χ2n) is 9.64. The molecule has 0 heterocycles. The van der Waals surface area contributed by atoms with Crippen LogP contribution < -0.4 is 0 Å². The lowest BCUT2D eigenvalue weighted by molar-refractivity contribution is 0.411. The van der Waals surface area contributed by atoms with E-state index < -0.39 is 11.6 Å². The Kier molecular flexibility index (Phi) is 8.65. The monoisotopic (exact) mass is 484 g/mol. The highest BCUT2D eigenvalue weighted by Gasteiger charge is 2.24. The van der Waals surface area contributed by atoms with E-state index in [2.05, 4.69) is 48.0 Å². The highest BCUT2D eigenvalue weighted by atomic mass is 19.1. The Bertz CT molecular complexity index is 1300. The van der Waals surface area contributed by atoms with E-state index >= 15 is 4.39 Å². The van der Waals surface area contributed by atoms with Crippen LogP contribution in [-0.2, 0) is 25.7 Å². The van der Waals surface area contributed by atoms with Crippen molar-refractivity contribution in [3.8, 4) is 11.8 Å². The summed E-state index contributed by atoms with van der Waals surface area (Å²) in [6.45, 7) is 6.34. The molecule has 186 valence electrons. The maximum Gasteiger partial charge on any atom is 0.145 e. The van der Waals surface area contributed by atoms with Gasteiger partial charge in [-0.05, 0) is 96.7 Å². The first-order valence-electron chi connectivity index (χ1n) is 13.2. The molecule has 1 atom stereocenters. The molecule has 1 aliphatic carbocycles. The zero-order chi connectivity index (χ0) is 25.5. The van der Waals surface area contributed by atoms with Gasteiger partial charge in [-0.3, -0.25) is 0 Å². The average Bonchev–Trinajstić information content (AvgIpc) is 2.88. The smallest absolute Gasteiger partial charge is 0.145 e. The molecule has 0 bridgehead atoms. The molecule has 0 aliphatic heterocycles. The third-order valence-electron chi connectivity index (χ3n) is 6.97. The largest absolute Gasteiger partial charge is 0.206 e. The average molecular weight is 485 g/mol. The van der Waals surface area contributed by atoms with Gasteiger partial charge in [0.15, 0.2) is 0 Å². The molecule has 4 rings (SSSR count). The molecule has 36 heavy (non-hydrogen) atoms. The van der Waals surface area contributed by atoms with Crippen LogP contribution in [0, 0.1) is 29.4 Å². The van der Waals surface area contributed by atoms with E-state index in [0.717, 1.165) is 73.0 Å². The van der Waals surface area contributed by atoms with E-state index in [1.54, 1.807) is 0 Å². The second-order valence-corrected chi connectivity index (χ2v) is 9.64. The fourth-order valence-corrected chi connectivity index (χ4v) is 5.01. The number of rotatable bonds is 7. The molecule has 0 amide bonds. The van der Waals surface area contributed by atoms with Crippen LogP contribution in [-0.4, -0.2) is 0 Å². The molecule has 3 aromatic carbocycles. The van der Waals surface area contributed by atoms with Crippen LogP contribution in [0.15, 0.2) is 58.8 Å². The predicted molar refractivity (Wildman–Crippen MR) is 143 cm³/mol. The van der Waals surface area contributed by atoms with Crippen molar-refractivity contribution in [2.24, 2.45) is 16.1 Å². The number of nitrogens with zero attached hydrogens (tertiary/aromatic N) is 2. The van der Waals surface area contributed by atoms with Gasteiger partial charge in [-0.2, -0.15) is 10.2 Å². The molecule has 0 aromatic heterocycles. The Balaban J connectivity index is 1.55. The topological polar surface area (TPSA) is 24.7 Å². The van der Waals surface area contributed by atoms with Crippen LogP contribution in [0.1, 0.15) is 79.8 Å². The molecule has 0 saturated carbocycles. The zero-order valence-corrected chi connectivity index (χ0v) is 21.5. The van der Waals surface area contributed by atoms with Crippen molar-refractivity contribution in [2.45, 2.75) is 72.1 Å². The van der Waals surface area contributed by atoms with Crippen LogP contribution in [0.3, 0.4) is 0 Å². The van der Waals surface area contributed by atoms with E-state index in [9.17, 15) is 4.39 Å². The lowest BCUT2D eigenvalue weighted by Crippen LogP contribution is -2.17. The van der Waals surface area contributed by atoms with E-state index in [4.69, 9.17) is 0 Å². The van der Waals surface area contributed by atoms with Gasteiger partial charge in [0.25, 0.3) is 0 Å². The van der Waals surface area contributed by atoms with Gasteiger partial charge in [-0.1, -0.05) is 64.0 Å².